The Labute approximate surface area is 163 Å². The van der Waals surface area contributed by atoms with E-state index in [0.29, 0.717) is 35.3 Å². The standard InChI is InChI=1S/C20H21ClN2O4/c1-26-15-7-13(8-16(10-15)27-2)11-22-20(25)14-9-19(24)23(12-14)18-6-4-3-5-17(18)21/h3-8,10,14H,9,11-12H2,1-2H3,(H,22,25). The van der Waals surface area contributed by atoms with Gasteiger partial charge in [-0.15, -0.1) is 0 Å². The molecule has 1 unspecified atom stereocenters. The molecule has 6 nitrogen and oxygen atoms in total. The van der Waals surface area contributed by atoms with Gasteiger partial charge in [-0.05, 0) is 29.8 Å². The lowest BCUT2D eigenvalue weighted by molar-refractivity contribution is -0.126. The van der Waals surface area contributed by atoms with Crippen LogP contribution in [0.15, 0.2) is 42.5 Å². The van der Waals surface area contributed by atoms with Gasteiger partial charge < -0.3 is 19.7 Å². The molecule has 142 valence electrons. The molecule has 0 bridgehead atoms. The Morgan fingerprint density at radius 1 is 1.19 bits per heavy atom. The molecule has 0 saturated carbocycles. The molecule has 2 aromatic carbocycles. The minimum Gasteiger partial charge on any atom is -0.497 e. The normalized spacial score (nSPS) is 16.3. The summed E-state index contributed by atoms with van der Waals surface area (Å²) >= 11 is 6.18. The first-order valence-corrected chi connectivity index (χ1v) is 8.94. The Morgan fingerprint density at radius 3 is 2.48 bits per heavy atom. The minimum atomic E-state index is -0.415. The molecule has 0 spiro atoms. The van der Waals surface area contributed by atoms with Crippen molar-refractivity contribution in [3.8, 4) is 11.5 Å². The predicted octanol–water partition coefficient (Wildman–Crippen LogP) is 3.03. The molecule has 1 atom stereocenters. The smallest absolute Gasteiger partial charge is 0.227 e. The van der Waals surface area contributed by atoms with Gasteiger partial charge in [-0.2, -0.15) is 0 Å². The molecular weight excluding hydrogens is 368 g/mol. The molecule has 1 fully saturated rings. The summed E-state index contributed by atoms with van der Waals surface area (Å²) in [6, 6.07) is 12.6. The van der Waals surface area contributed by atoms with Crippen molar-refractivity contribution in [1.82, 2.24) is 5.32 Å². The Balaban J connectivity index is 1.64. The van der Waals surface area contributed by atoms with Crippen molar-refractivity contribution in [2.75, 3.05) is 25.7 Å². The number of nitrogens with zero attached hydrogens (tertiary/aromatic N) is 1. The van der Waals surface area contributed by atoms with Crippen molar-refractivity contribution in [3.05, 3.63) is 53.1 Å². The summed E-state index contributed by atoms with van der Waals surface area (Å²) in [5.74, 6) is 0.617. The average Bonchev–Trinajstić information content (AvgIpc) is 3.07. The first kappa shape index (κ1) is 19.0. The van der Waals surface area contributed by atoms with Crippen LogP contribution < -0.4 is 19.7 Å². The summed E-state index contributed by atoms with van der Waals surface area (Å²) in [4.78, 5) is 26.5. The van der Waals surface area contributed by atoms with Crippen LogP contribution in [0, 0.1) is 5.92 Å². The fourth-order valence-corrected chi connectivity index (χ4v) is 3.33. The molecular formula is C20H21ClN2O4. The van der Waals surface area contributed by atoms with Crippen molar-refractivity contribution in [3.63, 3.8) is 0 Å². The Morgan fingerprint density at radius 2 is 1.85 bits per heavy atom. The maximum Gasteiger partial charge on any atom is 0.227 e. The van der Waals surface area contributed by atoms with Gasteiger partial charge in [0, 0.05) is 25.6 Å². The van der Waals surface area contributed by atoms with E-state index in [4.69, 9.17) is 21.1 Å². The fourth-order valence-electron chi connectivity index (χ4n) is 3.09. The first-order chi connectivity index (χ1) is 13.0. The molecule has 0 aromatic heterocycles. The lowest BCUT2D eigenvalue weighted by Gasteiger charge is -2.18. The Kier molecular flexibility index (Phi) is 5.86. The Bertz CT molecular complexity index is 833. The van der Waals surface area contributed by atoms with Crippen molar-refractivity contribution in [2.24, 2.45) is 5.92 Å². The van der Waals surface area contributed by atoms with Gasteiger partial charge in [0.25, 0.3) is 0 Å². The fraction of sp³-hybridized carbons (Fsp3) is 0.300. The number of benzene rings is 2. The number of carbonyl (C=O) groups excluding carboxylic acids is 2. The summed E-state index contributed by atoms with van der Waals surface area (Å²) in [6.45, 7) is 0.638. The molecule has 1 N–H and O–H groups in total. The van der Waals surface area contributed by atoms with Crippen LogP contribution >= 0.6 is 11.6 Å². The summed E-state index contributed by atoms with van der Waals surface area (Å²) in [5, 5.41) is 3.38. The van der Waals surface area contributed by atoms with Crippen LogP contribution in [-0.2, 0) is 16.1 Å². The molecule has 0 aliphatic carbocycles. The first-order valence-electron chi connectivity index (χ1n) is 8.56. The molecule has 2 aromatic rings. The van der Waals surface area contributed by atoms with Gasteiger partial charge in [0.1, 0.15) is 11.5 Å². The molecule has 2 amide bonds. The summed E-state index contributed by atoms with van der Waals surface area (Å²) in [6.07, 6.45) is 0.165. The quantitative estimate of drug-likeness (QED) is 0.826. The van der Waals surface area contributed by atoms with Crippen LogP contribution in [0.2, 0.25) is 5.02 Å². The maximum atomic E-state index is 12.5. The van der Waals surface area contributed by atoms with E-state index in [0.717, 1.165) is 5.56 Å². The molecule has 1 heterocycles. The number of hydrogen-bond acceptors (Lipinski definition) is 4. The van der Waals surface area contributed by atoms with E-state index in [1.165, 1.54) is 0 Å². The van der Waals surface area contributed by atoms with Gasteiger partial charge in [0.2, 0.25) is 11.8 Å². The lowest BCUT2D eigenvalue weighted by Crippen LogP contribution is -2.32. The second-order valence-corrected chi connectivity index (χ2v) is 6.70. The second kappa shape index (κ2) is 8.31. The number of carbonyl (C=O) groups is 2. The summed E-state index contributed by atoms with van der Waals surface area (Å²) in [5.41, 5.74) is 1.49. The average molecular weight is 389 g/mol. The van der Waals surface area contributed by atoms with Crippen LogP contribution in [0.4, 0.5) is 5.69 Å². The number of halogens is 1. The summed E-state index contributed by atoms with van der Waals surface area (Å²) in [7, 11) is 3.15. The van der Waals surface area contributed by atoms with E-state index in [2.05, 4.69) is 5.32 Å². The number of amides is 2. The number of para-hydroxylation sites is 1. The van der Waals surface area contributed by atoms with E-state index >= 15 is 0 Å². The SMILES string of the molecule is COc1cc(CNC(=O)C2CC(=O)N(c3ccccc3Cl)C2)cc(OC)c1. The van der Waals surface area contributed by atoms with E-state index in [-0.39, 0.29) is 18.2 Å². The third kappa shape index (κ3) is 4.34. The molecule has 7 heteroatoms. The number of anilines is 1. The van der Waals surface area contributed by atoms with Crippen LogP contribution in [0.25, 0.3) is 0 Å². The third-order valence-corrected chi connectivity index (χ3v) is 4.84. The van der Waals surface area contributed by atoms with E-state index in [1.54, 1.807) is 43.4 Å². The van der Waals surface area contributed by atoms with Gasteiger partial charge in [-0.1, -0.05) is 23.7 Å². The molecule has 27 heavy (non-hydrogen) atoms. The van der Waals surface area contributed by atoms with Crippen molar-refractivity contribution < 1.29 is 19.1 Å². The third-order valence-electron chi connectivity index (χ3n) is 4.52. The Hall–Kier alpha value is -2.73. The minimum absolute atomic E-state index is 0.105. The van der Waals surface area contributed by atoms with Crippen LogP contribution in [-0.4, -0.2) is 32.6 Å². The zero-order valence-corrected chi connectivity index (χ0v) is 16.0. The van der Waals surface area contributed by atoms with Gasteiger partial charge in [0.15, 0.2) is 0 Å². The largest absolute Gasteiger partial charge is 0.497 e. The van der Waals surface area contributed by atoms with Crippen LogP contribution in [0.1, 0.15) is 12.0 Å². The maximum absolute atomic E-state index is 12.5. The van der Waals surface area contributed by atoms with Gasteiger partial charge in [0.05, 0.1) is 30.8 Å². The topological polar surface area (TPSA) is 67.9 Å². The van der Waals surface area contributed by atoms with E-state index < -0.39 is 5.92 Å². The van der Waals surface area contributed by atoms with Crippen molar-refractivity contribution in [2.45, 2.75) is 13.0 Å². The van der Waals surface area contributed by atoms with Gasteiger partial charge >= 0.3 is 0 Å². The highest BCUT2D eigenvalue weighted by atomic mass is 35.5. The zero-order chi connectivity index (χ0) is 19.4. The molecule has 1 aliphatic heterocycles. The van der Waals surface area contributed by atoms with Gasteiger partial charge in [-0.25, -0.2) is 0 Å². The molecule has 3 rings (SSSR count). The number of hydrogen-bond donors (Lipinski definition) is 1. The lowest BCUT2D eigenvalue weighted by atomic mass is 10.1. The number of nitrogens with one attached hydrogen (secondary N) is 1. The van der Waals surface area contributed by atoms with Crippen molar-refractivity contribution >= 4 is 29.1 Å². The van der Waals surface area contributed by atoms with E-state index in [1.807, 2.05) is 18.2 Å². The summed E-state index contributed by atoms with van der Waals surface area (Å²) < 4.78 is 10.5. The van der Waals surface area contributed by atoms with Gasteiger partial charge in [-0.3, -0.25) is 9.59 Å². The molecule has 1 aliphatic rings. The van der Waals surface area contributed by atoms with E-state index in [9.17, 15) is 9.59 Å². The highest BCUT2D eigenvalue weighted by molar-refractivity contribution is 6.33. The highest BCUT2D eigenvalue weighted by Crippen LogP contribution is 2.31. The van der Waals surface area contributed by atoms with Crippen LogP contribution in [0.3, 0.4) is 0 Å². The van der Waals surface area contributed by atoms with Crippen LogP contribution in [0.5, 0.6) is 11.5 Å². The highest BCUT2D eigenvalue weighted by Gasteiger charge is 2.35. The predicted molar refractivity (Wildman–Crippen MR) is 103 cm³/mol. The molecule has 1 saturated heterocycles. The zero-order valence-electron chi connectivity index (χ0n) is 15.2. The molecule has 0 radical (unpaired) electrons. The van der Waals surface area contributed by atoms with Crippen molar-refractivity contribution in [1.29, 1.82) is 0 Å². The monoisotopic (exact) mass is 388 g/mol. The number of rotatable bonds is 6. The number of ether oxygens (including phenoxy) is 2. The number of methoxy groups -OCH3 is 2. The second-order valence-electron chi connectivity index (χ2n) is 6.30.